The number of aliphatic hydroxyl groups is 1. The van der Waals surface area contributed by atoms with Crippen molar-refractivity contribution in [3.05, 3.63) is 76.6 Å². The SMILES string of the molecule is CC(Nc1ccc([N+](=O)[O-])c2cnccc12)C(O)Cc1ccccc1. The van der Waals surface area contributed by atoms with Crippen LogP contribution in [-0.2, 0) is 6.42 Å². The van der Waals surface area contributed by atoms with E-state index >= 15 is 0 Å². The van der Waals surface area contributed by atoms with Gasteiger partial charge in [0.2, 0.25) is 0 Å². The van der Waals surface area contributed by atoms with Gasteiger partial charge in [-0.15, -0.1) is 0 Å². The maximum Gasteiger partial charge on any atom is 0.278 e. The standard InChI is InChI=1S/C19H19N3O3/c1-13(19(23)11-14-5-3-2-4-6-14)21-17-7-8-18(22(24)25)16-12-20-10-9-15(16)17/h2-10,12-13,19,21,23H,11H2,1H3. The van der Waals surface area contributed by atoms with Gasteiger partial charge in [-0.25, -0.2) is 0 Å². The predicted octanol–water partition coefficient (Wildman–Crippen LogP) is 3.55. The molecule has 0 bridgehead atoms. The smallest absolute Gasteiger partial charge is 0.278 e. The van der Waals surface area contributed by atoms with Crippen molar-refractivity contribution >= 4 is 22.1 Å². The van der Waals surface area contributed by atoms with Crippen LogP contribution < -0.4 is 5.32 Å². The second-order valence-corrected chi connectivity index (χ2v) is 6.00. The molecule has 0 aliphatic carbocycles. The quantitative estimate of drug-likeness (QED) is 0.530. The van der Waals surface area contributed by atoms with E-state index in [1.165, 1.54) is 12.3 Å². The highest BCUT2D eigenvalue weighted by Gasteiger charge is 2.18. The molecule has 6 heteroatoms. The van der Waals surface area contributed by atoms with Crippen molar-refractivity contribution in [2.75, 3.05) is 5.32 Å². The third kappa shape index (κ3) is 3.75. The van der Waals surface area contributed by atoms with Crippen molar-refractivity contribution in [3.8, 4) is 0 Å². The lowest BCUT2D eigenvalue weighted by atomic mass is 10.0. The van der Waals surface area contributed by atoms with Gasteiger partial charge in [-0.05, 0) is 24.6 Å². The van der Waals surface area contributed by atoms with Crippen molar-refractivity contribution in [2.24, 2.45) is 0 Å². The molecule has 0 fully saturated rings. The number of pyridine rings is 1. The molecule has 0 radical (unpaired) electrons. The van der Waals surface area contributed by atoms with E-state index in [0.29, 0.717) is 17.2 Å². The van der Waals surface area contributed by atoms with Gasteiger partial charge in [-0.3, -0.25) is 15.1 Å². The normalized spacial score (nSPS) is 13.4. The van der Waals surface area contributed by atoms with Gasteiger partial charge >= 0.3 is 0 Å². The number of nitrogens with zero attached hydrogens (tertiary/aromatic N) is 2. The second-order valence-electron chi connectivity index (χ2n) is 6.00. The fourth-order valence-corrected chi connectivity index (χ4v) is 2.83. The number of anilines is 1. The summed E-state index contributed by atoms with van der Waals surface area (Å²) in [4.78, 5) is 14.7. The topological polar surface area (TPSA) is 88.3 Å². The van der Waals surface area contributed by atoms with E-state index < -0.39 is 11.0 Å². The molecule has 2 aromatic carbocycles. The molecule has 2 atom stereocenters. The predicted molar refractivity (Wildman–Crippen MR) is 97.6 cm³/mol. The first-order valence-electron chi connectivity index (χ1n) is 8.06. The first kappa shape index (κ1) is 16.9. The highest BCUT2D eigenvalue weighted by atomic mass is 16.6. The van der Waals surface area contributed by atoms with Crippen LogP contribution >= 0.6 is 0 Å². The number of rotatable bonds is 6. The van der Waals surface area contributed by atoms with Crippen LogP contribution in [0.25, 0.3) is 10.8 Å². The van der Waals surface area contributed by atoms with Crippen molar-refractivity contribution in [2.45, 2.75) is 25.5 Å². The molecule has 0 aliphatic rings. The molecule has 3 rings (SSSR count). The Morgan fingerprint density at radius 3 is 2.64 bits per heavy atom. The maximum absolute atomic E-state index is 11.2. The summed E-state index contributed by atoms with van der Waals surface area (Å²) in [5.41, 5.74) is 1.81. The number of fused-ring (bicyclic) bond motifs is 1. The average molecular weight is 337 g/mol. The number of nitro groups is 1. The van der Waals surface area contributed by atoms with Crippen molar-refractivity contribution in [1.29, 1.82) is 0 Å². The number of aliphatic hydroxyl groups excluding tert-OH is 1. The number of hydrogen-bond donors (Lipinski definition) is 2. The minimum Gasteiger partial charge on any atom is -0.391 e. The van der Waals surface area contributed by atoms with Crippen molar-refractivity contribution in [1.82, 2.24) is 4.98 Å². The molecule has 2 unspecified atom stereocenters. The van der Waals surface area contributed by atoms with Gasteiger partial charge < -0.3 is 10.4 Å². The first-order chi connectivity index (χ1) is 12.1. The Balaban J connectivity index is 1.83. The monoisotopic (exact) mass is 337 g/mol. The molecule has 1 heterocycles. The van der Waals surface area contributed by atoms with E-state index in [0.717, 1.165) is 11.3 Å². The van der Waals surface area contributed by atoms with Gasteiger partial charge in [0.25, 0.3) is 5.69 Å². The van der Waals surface area contributed by atoms with E-state index in [1.54, 1.807) is 18.3 Å². The van der Waals surface area contributed by atoms with Gasteiger partial charge in [-0.2, -0.15) is 0 Å². The molecule has 0 spiro atoms. The van der Waals surface area contributed by atoms with Crippen LogP contribution in [0.2, 0.25) is 0 Å². The molecule has 0 aliphatic heterocycles. The summed E-state index contributed by atoms with van der Waals surface area (Å²) in [7, 11) is 0. The summed E-state index contributed by atoms with van der Waals surface area (Å²) < 4.78 is 0. The van der Waals surface area contributed by atoms with Gasteiger partial charge in [0.15, 0.2) is 0 Å². The van der Waals surface area contributed by atoms with Crippen LogP contribution in [0.1, 0.15) is 12.5 Å². The maximum atomic E-state index is 11.2. The summed E-state index contributed by atoms with van der Waals surface area (Å²) in [5.74, 6) is 0. The molecular formula is C19H19N3O3. The molecule has 0 saturated carbocycles. The van der Waals surface area contributed by atoms with Crippen LogP contribution in [0.3, 0.4) is 0 Å². The fourth-order valence-electron chi connectivity index (χ4n) is 2.83. The lowest BCUT2D eigenvalue weighted by Gasteiger charge is -2.22. The van der Waals surface area contributed by atoms with Crippen LogP contribution in [0.4, 0.5) is 11.4 Å². The number of hydrogen-bond acceptors (Lipinski definition) is 5. The van der Waals surface area contributed by atoms with E-state index in [4.69, 9.17) is 0 Å². The molecule has 0 amide bonds. The molecule has 3 aromatic rings. The molecule has 128 valence electrons. The Morgan fingerprint density at radius 2 is 1.92 bits per heavy atom. The highest BCUT2D eigenvalue weighted by molar-refractivity contribution is 5.99. The first-order valence-corrected chi connectivity index (χ1v) is 8.06. The van der Waals surface area contributed by atoms with Crippen molar-refractivity contribution in [3.63, 3.8) is 0 Å². The van der Waals surface area contributed by atoms with Gasteiger partial charge in [0, 0.05) is 42.0 Å². The molecule has 0 saturated heterocycles. The Morgan fingerprint density at radius 1 is 1.16 bits per heavy atom. The summed E-state index contributed by atoms with van der Waals surface area (Å²) >= 11 is 0. The highest BCUT2D eigenvalue weighted by Crippen LogP contribution is 2.31. The number of nitro benzene ring substituents is 1. The molecule has 2 N–H and O–H groups in total. The zero-order valence-electron chi connectivity index (χ0n) is 13.8. The van der Waals surface area contributed by atoms with Crippen LogP contribution in [0, 0.1) is 10.1 Å². The van der Waals surface area contributed by atoms with E-state index in [9.17, 15) is 15.2 Å². The Hall–Kier alpha value is -2.99. The zero-order valence-corrected chi connectivity index (χ0v) is 13.8. The lowest BCUT2D eigenvalue weighted by Crippen LogP contribution is -2.32. The Bertz CT molecular complexity index is 883. The van der Waals surface area contributed by atoms with E-state index in [2.05, 4.69) is 10.3 Å². The Kier molecular flexibility index (Phi) is 4.90. The Labute approximate surface area is 145 Å². The largest absolute Gasteiger partial charge is 0.391 e. The molecular weight excluding hydrogens is 318 g/mol. The van der Waals surface area contributed by atoms with E-state index in [1.807, 2.05) is 37.3 Å². The van der Waals surface area contributed by atoms with Crippen LogP contribution in [0.15, 0.2) is 60.9 Å². The fraction of sp³-hybridized carbons (Fsp3) is 0.211. The molecule has 1 aromatic heterocycles. The van der Waals surface area contributed by atoms with Gasteiger partial charge in [0.05, 0.1) is 16.4 Å². The van der Waals surface area contributed by atoms with Crippen LogP contribution in [-0.4, -0.2) is 27.2 Å². The second kappa shape index (κ2) is 7.27. The number of nitrogens with one attached hydrogen (secondary N) is 1. The molecule has 25 heavy (non-hydrogen) atoms. The zero-order chi connectivity index (χ0) is 17.8. The average Bonchev–Trinajstić information content (AvgIpc) is 2.62. The van der Waals surface area contributed by atoms with Gasteiger partial charge in [-0.1, -0.05) is 30.3 Å². The molecule has 6 nitrogen and oxygen atoms in total. The lowest BCUT2D eigenvalue weighted by molar-refractivity contribution is -0.383. The number of non-ortho nitro benzene ring substituents is 1. The summed E-state index contributed by atoms with van der Waals surface area (Å²) in [5, 5.41) is 26.1. The van der Waals surface area contributed by atoms with Crippen molar-refractivity contribution < 1.29 is 10.0 Å². The summed E-state index contributed by atoms with van der Waals surface area (Å²) in [6.07, 6.45) is 3.03. The number of aromatic nitrogens is 1. The van der Waals surface area contributed by atoms with E-state index in [-0.39, 0.29) is 11.7 Å². The number of benzene rings is 2. The summed E-state index contributed by atoms with van der Waals surface area (Å²) in [6.45, 7) is 1.89. The van der Waals surface area contributed by atoms with Crippen LogP contribution in [0.5, 0.6) is 0 Å². The third-order valence-electron chi connectivity index (χ3n) is 4.24. The third-order valence-corrected chi connectivity index (χ3v) is 4.24. The summed E-state index contributed by atoms with van der Waals surface area (Å²) in [6, 6.07) is 14.4. The van der Waals surface area contributed by atoms with Gasteiger partial charge in [0.1, 0.15) is 0 Å². The minimum atomic E-state index is -0.588. The minimum absolute atomic E-state index is 0.0196.